The van der Waals surface area contributed by atoms with Crippen LogP contribution >= 0.6 is 0 Å². The number of hydrogen-bond donors (Lipinski definition) is 0. The molecule has 0 bridgehead atoms. The predicted octanol–water partition coefficient (Wildman–Crippen LogP) is 2.13. The summed E-state index contributed by atoms with van der Waals surface area (Å²) in [6, 6.07) is 7.97. The summed E-state index contributed by atoms with van der Waals surface area (Å²) in [5.74, 6) is 1.70. The van der Waals surface area contributed by atoms with E-state index in [-0.39, 0.29) is 12.5 Å². The lowest BCUT2D eigenvalue weighted by atomic mass is 10.1. The number of anilines is 1. The van der Waals surface area contributed by atoms with Gasteiger partial charge in [0.05, 0.1) is 0 Å². The van der Waals surface area contributed by atoms with Crippen LogP contribution < -0.4 is 9.64 Å². The van der Waals surface area contributed by atoms with Gasteiger partial charge >= 0.3 is 0 Å². The van der Waals surface area contributed by atoms with Crippen molar-refractivity contribution in [3.63, 3.8) is 0 Å². The fraction of sp³-hybridized carbons (Fsp3) is 0.421. The number of hydrogen-bond acceptors (Lipinski definition) is 5. The molecule has 2 aromatic rings. The molecule has 1 saturated heterocycles. The van der Waals surface area contributed by atoms with Crippen LogP contribution in [0.5, 0.6) is 5.75 Å². The minimum atomic E-state index is 0.0256. The molecule has 0 atom stereocenters. The lowest BCUT2D eigenvalue weighted by Crippen LogP contribution is -2.50. The normalized spacial score (nSPS) is 14.5. The highest BCUT2D eigenvalue weighted by Crippen LogP contribution is 2.17. The van der Waals surface area contributed by atoms with E-state index in [1.807, 2.05) is 43.9 Å². The molecule has 3 rings (SSSR count). The maximum absolute atomic E-state index is 12.4. The largest absolute Gasteiger partial charge is 0.484 e. The Morgan fingerprint density at radius 1 is 1.00 bits per heavy atom. The first-order chi connectivity index (χ1) is 12.0. The van der Waals surface area contributed by atoms with Gasteiger partial charge in [-0.15, -0.1) is 0 Å². The Hall–Kier alpha value is -2.63. The molecule has 0 unspecified atom stereocenters. The smallest absolute Gasteiger partial charge is 0.260 e. The number of carbonyl (C=O) groups excluding carboxylic acids is 1. The van der Waals surface area contributed by atoms with Crippen molar-refractivity contribution in [2.45, 2.75) is 20.8 Å². The molecule has 2 heterocycles. The molecule has 6 nitrogen and oxygen atoms in total. The van der Waals surface area contributed by atoms with Crippen LogP contribution in [0.2, 0.25) is 0 Å². The Labute approximate surface area is 148 Å². The fourth-order valence-electron chi connectivity index (χ4n) is 3.05. The van der Waals surface area contributed by atoms with Gasteiger partial charge in [0, 0.05) is 37.9 Å². The third-order valence-electron chi connectivity index (χ3n) is 4.30. The molecule has 1 aliphatic heterocycles. The summed E-state index contributed by atoms with van der Waals surface area (Å²) in [5, 5.41) is 0. The van der Waals surface area contributed by atoms with Crippen LogP contribution in [0.4, 0.5) is 5.82 Å². The molecular weight excluding hydrogens is 316 g/mol. The van der Waals surface area contributed by atoms with E-state index in [1.165, 1.54) is 0 Å². The minimum absolute atomic E-state index is 0.0256. The van der Waals surface area contributed by atoms with Gasteiger partial charge in [0.25, 0.3) is 5.91 Å². The van der Waals surface area contributed by atoms with Gasteiger partial charge in [0.15, 0.2) is 6.61 Å². The molecule has 1 aromatic carbocycles. The van der Waals surface area contributed by atoms with Gasteiger partial charge in [-0.25, -0.2) is 9.97 Å². The third-order valence-corrected chi connectivity index (χ3v) is 4.30. The second-order valence-corrected chi connectivity index (χ2v) is 6.50. The topological polar surface area (TPSA) is 58.6 Å². The highest BCUT2D eigenvalue weighted by molar-refractivity contribution is 5.78. The predicted molar refractivity (Wildman–Crippen MR) is 97.0 cm³/mol. The van der Waals surface area contributed by atoms with Crippen LogP contribution in [0.3, 0.4) is 0 Å². The summed E-state index contributed by atoms with van der Waals surface area (Å²) in [5.41, 5.74) is 3.22. The average molecular weight is 340 g/mol. The van der Waals surface area contributed by atoms with E-state index in [9.17, 15) is 4.79 Å². The fourth-order valence-corrected chi connectivity index (χ4v) is 3.05. The Kier molecular flexibility index (Phi) is 5.16. The highest BCUT2D eigenvalue weighted by Gasteiger charge is 2.22. The highest BCUT2D eigenvalue weighted by atomic mass is 16.5. The molecule has 0 saturated carbocycles. The minimum Gasteiger partial charge on any atom is -0.484 e. The molecule has 25 heavy (non-hydrogen) atoms. The van der Waals surface area contributed by atoms with Crippen LogP contribution in [0, 0.1) is 20.8 Å². The number of aryl methyl sites for hydroxylation is 3. The van der Waals surface area contributed by atoms with Crippen LogP contribution in [-0.4, -0.2) is 53.6 Å². The second-order valence-electron chi connectivity index (χ2n) is 6.50. The summed E-state index contributed by atoms with van der Waals surface area (Å²) >= 11 is 0. The maximum Gasteiger partial charge on any atom is 0.260 e. The molecule has 1 aromatic heterocycles. The number of rotatable bonds is 4. The molecule has 0 spiro atoms. The number of piperazine rings is 1. The number of amides is 1. The Morgan fingerprint density at radius 3 is 2.32 bits per heavy atom. The molecule has 6 heteroatoms. The lowest BCUT2D eigenvalue weighted by molar-refractivity contribution is -0.133. The third kappa shape index (κ3) is 4.47. The van der Waals surface area contributed by atoms with Gasteiger partial charge in [-0.1, -0.05) is 6.07 Å². The van der Waals surface area contributed by atoms with E-state index < -0.39 is 0 Å². The molecule has 1 fully saturated rings. The van der Waals surface area contributed by atoms with Crippen molar-refractivity contribution in [3.8, 4) is 5.75 Å². The number of carbonyl (C=O) groups is 1. The summed E-state index contributed by atoms with van der Waals surface area (Å²) in [4.78, 5) is 24.9. The van der Waals surface area contributed by atoms with E-state index in [0.29, 0.717) is 13.1 Å². The molecule has 1 aliphatic rings. The molecule has 1 amide bonds. The van der Waals surface area contributed by atoms with E-state index in [2.05, 4.69) is 20.9 Å². The molecular formula is C19H24N4O2. The number of nitrogens with zero attached hydrogens (tertiary/aromatic N) is 4. The van der Waals surface area contributed by atoms with E-state index in [4.69, 9.17) is 4.74 Å². The first-order valence-corrected chi connectivity index (χ1v) is 8.54. The van der Waals surface area contributed by atoms with Gasteiger partial charge in [0.1, 0.15) is 17.9 Å². The lowest BCUT2D eigenvalue weighted by Gasteiger charge is -2.35. The second kappa shape index (κ2) is 7.51. The van der Waals surface area contributed by atoms with Crippen LogP contribution in [0.1, 0.15) is 16.8 Å². The van der Waals surface area contributed by atoms with Gasteiger partial charge < -0.3 is 14.5 Å². The SMILES string of the molecule is Cc1cc(C)cc(OCC(=O)N2CCN(c3cc(C)ncn3)CC2)c1. The number of benzene rings is 1. The first-order valence-electron chi connectivity index (χ1n) is 8.54. The van der Waals surface area contributed by atoms with Crippen LogP contribution in [0.25, 0.3) is 0 Å². The summed E-state index contributed by atoms with van der Waals surface area (Å²) in [6.45, 7) is 8.98. The standard InChI is InChI=1S/C19H24N4O2/c1-14-8-15(2)10-17(9-14)25-12-19(24)23-6-4-22(5-7-23)18-11-16(3)20-13-21-18/h8-11,13H,4-7,12H2,1-3H3. The van der Waals surface area contributed by atoms with Crippen molar-refractivity contribution in [2.75, 3.05) is 37.7 Å². The van der Waals surface area contributed by atoms with Crippen molar-refractivity contribution >= 4 is 11.7 Å². The number of ether oxygens (including phenoxy) is 1. The van der Waals surface area contributed by atoms with Gasteiger partial charge in [-0.2, -0.15) is 0 Å². The molecule has 0 radical (unpaired) electrons. The van der Waals surface area contributed by atoms with Crippen molar-refractivity contribution in [3.05, 3.63) is 47.4 Å². The molecule has 0 aliphatic carbocycles. The quantitative estimate of drug-likeness (QED) is 0.853. The van der Waals surface area contributed by atoms with Gasteiger partial charge in [-0.3, -0.25) is 4.79 Å². The van der Waals surface area contributed by atoms with E-state index in [1.54, 1.807) is 6.33 Å². The zero-order chi connectivity index (χ0) is 17.8. The molecule has 0 N–H and O–H groups in total. The van der Waals surface area contributed by atoms with E-state index in [0.717, 1.165) is 41.5 Å². The van der Waals surface area contributed by atoms with E-state index >= 15 is 0 Å². The zero-order valence-electron chi connectivity index (χ0n) is 15.0. The van der Waals surface area contributed by atoms with Crippen LogP contribution in [-0.2, 0) is 4.79 Å². The van der Waals surface area contributed by atoms with Crippen molar-refractivity contribution in [1.82, 2.24) is 14.9 Å². The monoisotopic (exact) mass is 340 g/mol. The van der Waals surface area contributed by atoms with Gasteiger partial charge in [0.2, 0.25) is 0 Å². The average Bonchev–Trinajstić information content (AvgIpc) is 2.59. The maximum atomic E-state index is 12.4. The summed E-state index contributed by atoms with van der Waals surface area (Å²) < 4.78 is 5.68. The molecule has 132 valence electrons. The van der Waals surface area contributed by atoms with Crippen molar-refractivity contribution < 1.29 is 9.53 Å². The Morgan fingerprint density at radius 2 is 1.68 bits per heavy atom. The summed E-state index contributed by atoms with van der Waals surface area (Å²) in [7, 11) is 0. The number of aromatic nitrogens is 2. The summed E-state index contributed by atoms with van der Waals surface area (Å²) in [6.07, 6.45) is 1.58. The first kappa shape index (κ1) is 17.2. The van der Waals surface area contributed by atoms with Crippen LogP contribution in [0.15, 0.2) is 30.6 Å². The van der Waals surface area contributed by atoms with Crippen molar-refractivity contribution in [2.24, 2.45) is 0 Å². The zero-order valence-corrected chi connectivity index (χ0v) is 15.0. The Bertz CT molecular complexity index is 735. The van der Waals surface area contributed by atoms with Crippen molar-refractivity contribution in [1.29, 1.82) is 0 Å². The van der Waals surface area contributed by atoms with Gasteiger partial charge in [-0.05, 0) is 44.0 Å². The Balaban J connectivity index is 1.51.